The maximum Gasteiger partial charge on any atom is 0.315 e. The van der Waals surface area contributed by atoms with E-state index in [1.165, 1.54) is 14.0 Å². The van der Waals surface area contributed by atoms with Crippen LogP contribution in [0.15, 0.2) is 48.5 Å². The maximum atomic E-state index is 12.4. The molecule has 1 atom stereocenters. The lowest BCUT2D eigenvalue weighted by Gasteiger charge is -2.25. The number of hydrogen-bond donors (Lipinski definition) is 2. The summed E-state index contributed by atoms with van der Waals surface area (Å²) in [5.41, 5.74) is 0.411. The van der Waals surface area contributed by atoms with Crippen LogP contribution >= 0.6 is 0 Å². The third-order valence-electron chi connectivity index (χ3n) is 4.56. The van der Waals surface area contributed by atoms with E-state index < -0.39 is 11.4 Å². The normalized spacial score (nSPS) is 12.7. The minimum Gasteiger partial charge on any atom is -0.496 e. The van der Waals surface area contributed by atoms with Gasteiger partial charge in [-0.05, 0) is 37.6 Å². The summed E-state index contributed by atoms with van der Waals surface area (Å²) in [6, 6.07) is 13.7. The van der Waals surface area contributed by atoms with Gasteiger partial charge in [-0.25, -0.2) is 0 Å². The SMILES string of the molecule is COc1ccc(C(C)=O)cc1CC(=O)NCC(C)(C(=O)O)c1ccccc1. The number of carboxylic acids is 1. The molecule has 0 fully saturated rings. The zero-order chi connectivity index (χ0) is 20.0. The number of aliphatic carboxylic acids is 1. The molecular formula is C21H23NO5. The van der Waals surface area contributed by atoms with E-state index in [1.807, 2.05) is 0 Å². The number of ketones is 1. The zero-order valence-electron chi connectivity index (χ0n) is 15.6. The monoisotopic (exact) mass is 369 g/mol. The molecule has 0 aromatic heterocycles. The Balaban J connectivity index is 2.15. The number of rotatable bonds is 8. The molecule has 0 heterocycles. The van der Waals surface area contributed by atoms with Crippen molar-refractivity contribution in [1.82, 2.24) is 5.32 Å². The van der Waals surface area contributed by atoms with Gasteiger partial charge in [0.05, 0.1) is 13.5 Å². The Hall–Kier alpha value is -3.15. The average molecular weight is 369 g/mol. The van der Waals surface area contributed by atoms with Crippen LogP contribution in [0.3, 0.4) is 0 Å². The highest BCUT2D eigenvalue weighted by atomic mass is 16.5. The maximum absolute atomic E-state index is 12.4. The Bertz CT molecular complexity index is 847. The lowest BCUT2D eigenvalue weighted by Crippen LogP contribution is -2.44. The molecule has 6 nitrogen and oxygen atoms in total. The highest BCUT2D eigenvalue weighted by molar-refractivity contribution is 5.94. The molecule has 27 heavy (non-hydrogen) atoms. The molecule has 1 unspecified atom stereocenters. The molecular weight excluding hydrogens is 346 g/mol. The van der Waals surface area contributed by atoms with Crippen molar-refractivity contribution in [2.24, 2.45) is 0 Å². The second-order valence-electron chi connectivity index (χ2n) is 6.54. The Kier molecular flexibility index (Phi) is 6.34. The standard InChI is InChI=1S/C21H23NO5/c1-14(23)15-9-10-18(27-3)16(11-15)12-19(24)22-13-21(2,20(25)26)17-7-5-4-6-8-17/h4-11H,12-13H2,1-3H3,(H,22,24)(H,25,26). The third kappa shape index (κ3) is 4.73. The number of carbonyl (C=O) groups is 3. The molecule has 0 bridgehead atoms. The molecule has 0 saturated heterocycles. The van der Waals surface area contributed by atoms with Crippen LogP contribution in [0.4, 0.5) is 0 Å². The molecule has 2 aromatic carbocycles. The summed E-state index contributed by atoms with van der Waals surface area (Å²) in [7, 11) is 1.49. The van der Waals surface area contributed by atoms with E-state index >= 15 is 0 Å². The van der Waals surface area contributed by atoms with E-state index in [0.717, 1.165) is 0 Å². The van der Waals surface area contributed by atoms with Gasteiger partial charge < -0.3 is 15.2 Å². The van der Waals surface area contributed by atoms with E-state index in [9.17, 15) is 19.5 Å². The van der Waals surface area contributed by atoms with E-state index in [0.29, 0.717) is 22.4 Å². The molecule has 0 radical (unpaired) electrons. The first kappa shape index (κ1) is 20.2. The van der Waals surface area contributed by atoms with E-state index in [2.05, 4.69) is 5.32 Å². The smallest absolute Gasteiger partial charge is 0.315 e. The molecule has 0 aliphatic heterocycles. The lowest BCUT2D eigenvalue weighted by atomic mass is 9.82. The predicted molar refractivity (Wildman–Crippen MR) is 101 cm³/mol. The number of carboxylic acid groups (broad SMARTS) is 1. The fourth-order valence-electron chi connectivity index (χ4n) is 2.75. The van der Waals surface area contributed by atoms with Crippen LogP contribution in [0.1, 0.15) is 35.3 Å². The second kappa shape index (κ2) is 8.49. The zero-order valence-corrected chi connectivity index (χ0v) is 15.6. The molecule has 0 saturated carbocycles. The summed E-state index contributed by atoms with van der Waals surface area (Å²) in [6.07, 6.45) is -0.0191. The Morgan fingerprint density at radius 1 is 1.11 bits per heavy atom. The molecule has 1 amide bonds. The molecule has 0 aliphatic rings. The number of Topliss-reactive ketones (excluding diaryl/α,β-unsaturated/α-hetero) is 1. The largest absolute Gasteiger partial charge is 0.496 e. The van der Waals surface area contributed by atoms with Crippen LogP contribution in [-0.2, 0) is 21.4 Å². The van der Waals surface area contributed by atoms with Crippen molar-refractivity contribution in [3.63, 3.8) is 0 Å². The number of benzene rings is 2. The molecule has 6 heteroatoms. The van der Waals surface area contributed by atoms with Crippen LogP contribution in [0, 0.1) is 0 Å². The molecule has 2 aromatic rings. The second-order valence-corrected chi connectivity index (χ2v) is 6.54. The van der Waals surface area contributed by atoms with Gasteiger partial charge in [0.1, 0.15) is 11.2 Å². The van der Waals surface area contributed by atoms with Gasteiger partial charge >= 0.3 is 5.97 Å². The summed E-state index contributed by atoms with van der Waals surface area (Å²) < 4.78 is 5.25. The Labute approximate surface area is 158 Å². The van der Waals surface area contributed by atoms with Gasteiger partial charge in [0.15, 0.2) is 5.78 Å². The quantitative estimate of drug-likeness (QED) is 0.698. The number of carbonyl (C=O) groups excluding carboxylic acids is 2. The van der Waals surface area contributed by atoms with Gasteiger partial charge in [0.25, 0.3) is 0 Å². The number of amides is 1. The van der Waals surface area contributed by atoms with Crippen molar-refractivity contribution >= 4 is 17.7 Å². The summed E-state index contributed by atoms with van der Waals surface area (Å²) in [5.74, 6) is -0.983. The fourth-order valence-corrected chi connectivity index (χ4v) is 2.75. The number of methoxy groups -OCH3 is 1. The molecule has 2 rings (SSSR count). The van der Waals surface area contributed by atoms with Gasteiger partial charge in [0, 0.05) is 17.7 Å². The van der Waals surface area contributed by atoms with Crippen LogP contribution in [0.25, 0.3) is 0 Å². The molecule has 2 N–H and O–H groups in total. The van der Waals surface area contributed by atoms with Crippen LogP contribution in [0.2, 0.25) is 0 Å². The predicted octanol–water partition coefficient (Wildman–Crippen LogP) is 2.60. The molecule has 142 valence electrons. The van der Waals surface area contributed by atoms with E-state index in [4.69, 9.17) is 4.74 Å². The topological polar surface area (TPSA) is 92.7 Å². The average Bonchev–Trinajstić information content (AvgIpc) is 2.66. The van der Waals surface area contributed by atoms with E-state index in [-0.39, 0.29) is 24.7 Å². The van der Waals surface area contributed by atoms with Gasteiger partial charge in [-0.1, -0.05) is 30.3 Å². The molecule has 0 aliphatic carbocycles. The lowest BCUT2D eigenvalue weighted by molar-refractivity contribution is -0.143. The van der Waals surface area contributed by atoms with Gasteiger partial charge in [-0.15, -0.1) is 0 Å². The third-order valence-corrected chi connectivity index (χ3v) is 4.56. The first-order valence-electron chi connectivity index (χ1n) is 8.51. The number of ether oxygens (including phenoxy) is 1. The van der Waals surface area contributed by atoms with Gasteiger partial charge in [0.2, 0.25) is 5.91 Å². The van der Waals surface area contributed by atoms with Crippen molar-refractivity contribution in [2.45, 2.75) is 25.7 Å². The van der Waals surface area contributed by atoms with Gasteiger partial charge in [-0.2, -0.15) is 0 Å². The minimum atomic E-state index is -1.25. The summed E-state index contributed by atoms with van der Waals surface area (Å²) in [4.78, 5) is 35.8. The van der Waals surface area contributed by atoms with Crippen molar-refractivity contribution < 1.29 is 24.2 Å². The number of nitrogens with one attached hydrogen (secondary N) is 1. The van der Waals surface area contributed by atoms with Crippen LogP contribution in [-0.4, -0.2) is 36.4 Å². The van der Waals surface area contributed by atoms with Crippen LogP contribution in [0.5, 0.6) is 5.75 Å². The summed E-state index contributed by atoms with van der Waals surface area (Å²) in [6.45, 7) is 2.96. The Morgan fingerprint density at radius 2 is 1.78 bits per heavy atom. The highest BCUT2D eigenvalue weighted by Crippen LogP contribution is 2.24. The van der Waals surface area contributed by atoms with Gasteiger partial charge in [-0.3, -0.25) is 14.4 Å². The van der Waals surface area contributed by atoms with Crippen molar-refractivity contribution in [2.75, 3.05) is 13.7 Å². The van der Waals surface area contributed by atoms with Crippen molar-refractivity contribution in [1.29, 1.82) is 0 Å². The van der Waals surface area contributed by atoms with Crippen molar-refractivity contribution in [3.8, 4) is 5.75 Å². The first-order valence-corrected chi connectivity index (χ1v) is 8.51. The van der Waals surface area contributed by atoms with Crippen LogP contribution < -0.4 is 10.1 Å². The first-order chi connectivity index (χ1) is 12.8. The molecule has 0 spiro atoms. The Morgan fingerprint density at radius 3 is 2.33 bits per heavy atom. The fraction of sp³-hybridized carbons (Fsp3) is 0.286. The van der Waals surface area contributed by atoms with Crippen molar-refractivity contribution in [3.05, 3.63) is 65.2 Å². The number of hydrogen-bond acceptors (Lipinski definition) is 4. The summed E-state index contributed by atoms with van der Waals surface area (Å²) in [5, 5.41) is 12.4. The minimum absolute atomic E-state index is 0.0191. The summed E-state index contributed by atoms with van der Waals surface area (Å²) >= 11 is 0. The highest BCUT2D eigenvalue weighted by Gasteiger charge is 2.35. The van der Waals surface area contributed by atoms with E-state index in [1.54, 1.807) is 55.5 Å².